The number of carbonyl (C=O) groups is 1. The Labute approximate surface area is 183 Å². The van der Waals surface area contributed by atoms with E-state index < -0.39 is 5.97 Å². The number of carboxylic acid groups (broad SMARTS) is 1. The molecular weight excluding hydrogens is 398 g/mol. The van der Waals surface area contributed by atoms with Crippen LogP contribution in [0.3, 0.4) is 0 Å². The summed E-state index contributed by atoms with van der Waals surface area (Å²) in [6, 6.07) is 11.9. The molecule has 0 saturated heterocycles. The molecule has 30 heavy (non-hydrogen) atoms. The van der Waals surface area contributed by atoms with Gasteiger partial charge in [0.15, 0.2) is 0 Å². The third kappa shape index (κ3) is 4.73. The smallest absolute Gasteiger partial charge is 0.305 e. The topological polar surface area (TPSA) is 66.3 Å². The Bertz CT molecular complexity index is 1060. The second-order valence-corrected chi connectivity index (χ2v) is 8.29. The summed E-state index contributed by atoms with van der Waals surface area (Å²) in [6.45, 7) is 6.93. The van der Waals surface area contributed by atoms with Crippen LogP contribution < -0.4 is 10.6 Å². The Morgan fingerprint density at radius 1 is 1.20 bits per heavy atom. The number of aliphatic carboxylic acids is 1. The Balaban J connectivity index is 1.87. The summed E-state index contributed by atoms with van der Waals surface area (Å²) in [5.41, 5.74) is 6.64. The molecule has 0 aliphatic carbocycles. The maximum atomic E-state index is 11.2. The van der Waals surface area contributed by atoms with Crippen molar-refractivity contribution < 1.29 is 9.90 Å². The number of rotatable bonds is 9. The van der Waals surface area contributed by atoms with Crippen LogP contribution in [0, 0.1) is 13.8 Å². The first kappa shape index (κ1) is 22.0. The minimum Gasteiger partial charge on any atom is -0.481 e. The molecule has 0 aliphatic rings. The molecule has 0 bridgehead atoms. The molecule has 0 radical (unpaired) electrons. The Morgan fingerprint density at radius 2 is 1.90 bits per heavy atom. The standard InChI is InChI=1S/C24H30ClN3O2/c1-5-8-19(13-23(29)30)27-22-10-7-6-9-21(22)26-14-17-11-18(25)12-20-15(2)16(3)28(4)24(17)20/h6-7,9-12,19,26-27H,5,8,13-14H2,1-4H3,(H,29,30). The van der Waals surface area contributed by atoms with Crippen molar-refractivity contribution >= 4 is 39.8 Å². The summed E-state index contributed by atoms with van der Waals surface area (Å²) in [4.78, 5) is 11.2. The Morgan fingerprint density at radius 3 is 2.57 bits per heavy atom. The highest BCUT2D eigenvalue weighted by Gasteiger charge is 2.16. The summed E-state index contributed by atoms with van der Waals surface area (Å²) >= 11 is 6.42. The van der Waals surface area contributed by atoms with Crippen LogP contribution in [0.4, 0.5) is 11.4 Å². The van der Waals surface area contributed by atoms with Crippen LogP contribution in [0.15, 0.2) is 36.4 Å². The molecule has 160 valence electrons. The van der Waals surface area contributed by atoms with Crippen LogP contribution in [0.25, 0.3) is 10.9 Å². The number of aryl methyl sites for hydroxylation is 2. The van der Waals surface area contributed by atoms with E-state index in [2.05, 4.69) is 43.0 Å². The molecule has 1 heterocycles. The number of nitrogens with one attached hydrogen (secondary N) is 2. The van der Waals surface area contributed by atoms with E-state index in [1.165, 1.54) is 22.2 Å². The summed E-state index contributed by atoms with van der Waals surface area (Å²) < 4.78 is 2.21. The first-order chi connectivity index (χ1) is 14.3. The van der Waals surface area contributed by atoms with Gasteiger partial charge in [-0.1, -0.05) is 37.1 Å². The number of carboxylic acids is 1. The molecule has 1 atom stereocenters. The van der Waals surface area contributed by atoms with Crippen molar-refractivity contribution in [1.29, 1.82) is 0 Å². The van der Waals surface area contributed by atoms with Crippen molar-refractivity contribution in [2.45, 2.75) is 52.6 Å². The first-order valence-electron chi connectivity index (χ1n) is 10.4. The fraction of sp³-hybridized carbons (Fsp3) is 0.375. The fourth-order valence-electron chi connectivity index (χ4n) is 4.04. The van der Waals surface area contributed by atoms with Crippen molar-refractivity contribution in [3.05, 3.63) is 58.2 Å². The van der Waals surface area contributed by atoms with E-state index in [4.69, 9.17) is 11.6 Å². The van der Waals surface area contributed by atoms with Gasteiger partial charge in [-0.25, -0.2) is 0 Å². The number of anilines is 2. The van der Waals surface area contributed by atoms with Crippen molar-refractivity contribution in [3.63, 3.8) is 0 Å². The second-order valence-electron chi connectivity index (χ2n) is 7.86. The van der Waals surface area contributed by atoms with Gasteiger partial charge in [0.1, 0.15) is 0 Å². The minimum atomic E-state index is -0.790. The predicted octanol–water partition coefficient (Wildman–Crippen LogP) is 6.12. The number of hydrogen-bond donors (Lipinski definition) is 3. The summed E-state index contributed by atoms with van der Waals surface area (Å²) in [5.74, 6) is -0.790. The van der Waals surface area contributed by atoms with E-state index in [1.54, 1.807) is 0 Å². The lowest BCUT2D eigenvalue weighted by Gasteiger charge is -2.21. The average Bonchev–Trinajstić information content (AvgIpc) is 2.91. The number of para-hydroxylation sites is 2. The van der Waals surface area contributed by atoms with Crippen LogP contribution in [-0.4, -0.2) is 21.7 Å². The Hall–Kier alpha value is -2.66. The zero-order chi connectivity index (χ0) is 21.8. The average molecular weight is 428 g/mol. The van der Waals surface area contributed by atoms with Crippen molar-refractivity contribution in [2.75, 3.05) is 10.6 Å². The van der Waals surface area contributed by atoms with E-state index in [1.807, 2.05) is 36.4 Å². The Kier molecular flexibility index (Phi) is 6.93. The summed E-state index contributed by atoms with van der Waals surface area (Å²) in [5, 5.41) is 18.1. The van der Waals surface area contributed by atoms with E-state index in [0.29, 0.717) is 6.54 Å². The van der Waals surface area contributed by atoms with E-state index in [9.17, 15) is 9.90 Å². The van der Waals surface area contributed by atoms with Gasteiger partial charge >= 0.3 is 5.97 Å². The van der Waals surface area contributed by atoms with Gasteiger partial charge in [-0.2, -0.15) is 0 Å². The maximum absolute atomic E-state index is 11.2. The van der Waals surface area contributed by atoms with E-state index in [0.717, 1.165) is 34.8 Å². The second kappa shape index (κ2) is 9.43. The molecule has 1 unspecified atom stereocenters. The van der Waals surface area contributed by atoms with Crippen LogP contribution in [0.1, 0.15) is 43.0 Å². The van der Waals surface area contributed by atoms with E-state index >= 15 is 0 Å². The molecule has 0 aliphatic heterocycles. The number of benzene rings is 2. The third-order valence-electron chi connectivity index (χ3n) is 5.75. The summed E-state index contributed by atoms with van der Waals surface area (Å²) in [7, 11) is 2.08. The normalized spacial score (nSPS) is 12.2. The van der Waals surface area contributed by atoms with Gasteiger partial charge < -0.3 is 20.3 Å². The van der Waals surface area contributed by atoms with Gasteiger partial charge in [0.05, 0.1) is 23.3 Å². The molecule has 0 saturated carbocycles. The van der Waals surface area contributed by atoms with Crippen LogP contribution in [0.5, 0.6) is 0 Å². The third-order valence-corrected chi connectivity index (χ3v) is 5.97. The molecule has 3 rings (SSSR count). The van der Waals surface area contributed by atoms with Crippen LogP contribution in [0.2, 0.25) is 5.02 Å². The number of hydrogen-bond acceptors (Lipinski definition) is 3. The molecule has 3 N–H and O–H groups in total. The molecule has 3 aromatic rings. The van der Waals surface area contributed by atoms with Crippen molar-refractivity contribution in [3.8, 4) is 0 Å². The predicted molar refractivity (Wildman–Crippen MR) is 126 cm³/mol. The fourth-order valence-corrected chi connectivity index (χ4v) is 4.29. The van der Waals surface area contributed by atoms with Crippen molar-refractivity contribution in [2.24, 2.45) is 7.05 Å². The van der Waals surface area contributed by atoms with Crippen LogP contribution >= 0.6 is 11.6 Å². The number of fused-ring (bicyclic) bond motifs is 1. The molecule has 6 heteroatoms. The van der Waals surface area contributed by atoms with Gasteiger partial charge in [-0.05, 0) is 55.7 Å². The minimum absolute atomic E-state index is 0.0962. The van der Waals surface area contributed by atoms with Crippen molar-refractivity contribution in [1.82, 2.24) is 4.57 Å². The lowest BCUT2D eigenvalue weighted by atomic mass is 10.1. The number of nitrogens with zero attached hydrogens (tertiary/aromatic N) is 1. The van der Waals surface area contributed by atoms with E-state index in [-0.39, 0.29) is 12.5 Å². The maximum Gasteiger partial charge on any atom is 0.305 e. The highest BCUT2D eigenvalue weighted by molar-refractivity contribution is 6.31. The number of halogens is 1. The molecule has 2 aromatic carbocycles. The lowest BCUT2D eigenvalue weighted by Crippen LogP contribution is -2.23. The first-order valence-corrected chi connectivity index (χ1v) is 10.7. The largest absolute Gasteiger partial charge is 0.481 e. The molecule has 5 nitrogen and oxygen atoms in total. The van der Waals surface area contributed by atoms with Crippen LogP contribution in [-0.2, 0) is 18.4 Å². The summed E-state index contributed by atoms with van der Waals surface area (Å²) in [6.07, 6.45) is 1.82. The molecular formula is C24H30ClN3O2. The highest BCUT2D eigenvalue weighted by atomic mass is 35.5. The quantitative estimate of drug-likeness (QED) is 0.385. The SMILES string of the molecule is CCCC(CC(=O)O)Nc1ccccc1NCc1cc(Cl)cc2c(C)c(C)n(C)c12. The molecule has 0 fully saturated rings. The zero-order valence-electron chi connectivity index (χ0n) is 18.1. The molecule has 0 amide bonds. The van der Waals surface area contributed by atoms with Gasteiger partial charge in [0, 0.05) is 35.7 Å². The number of aromatic nitrogens is 1. The highest BCUT2D eigenvalue weighted by Crippen LogP contribution is 2.31. The zero-order valence-corrected chi connectivity index (χ0v) is 18.8. The monoisotopic (exact) mass is 427 g/mol. The molecule has 1 aromatic heterocycles. The van der Waals surface area contributed by atoms with Gasteiger partial charge in [0.2, 0.25) is 0 Å². The lowest BCUT2D eigenvalue weighted by molar-refractivity contribution is -0.137. The van der Waals surface area contributed by atoms with Gasteiger partial charge in [-0.3, -0.25) is 4.79 Å². The van der Waals surface area contributed by atoms with Gasteiger partial charge in [0.25, 0.3) is 0 Å². The van der Waals surface area contributed by atoms with Gasteiger partial charge in [-0.15, -0.1) is 0 Å². The molecule has 0 spiro atoms.